The number of rotatable bonds is 76. The van der Waals surface area contributed by atoms with Gasteiger partial charge in [-0.2, -0.15) is 0 Å². The van der Waals surface area contributed by atoms with Gasteiger partial charge in [0.25, 0.3) is 0 Å². The summed E-state index contributed by atoms with van der Waals surface area (Å²) in [5, 5.41) is 10.7. The molecule has 0 aliphatic carbocycles. The van der Waals surface area contributed by atoms with Crippen molar-refractivity contribution in [3.63, 3.8) is 0 Å². The van der Waals surface area contributed by atoms with Crippen molar-refractivity contribution in [3.8, 4) is 0 Å². The highest BCUT2D eigenvalue weighted by molar-refractivity contribution is 7.47. The molecule has 0 aliphatic rings. The monoisotopic (exact) mass is 1530 g/mol. The number of ether oxygens (including phenoxy) is 4. The number of phosphoric acid groups is 2. The van der Waals surface area contributed by atoms with Crippen LogP contribution in [0.4, 0.5) is 0 Å². The van der Waals surface area contributed by atoms with Crippen LogP contribution in [-0.2, 0) is 65.4 Å². The van der Waals surface area contributed by atoms with E-state index in [1.54, 1.807) is 0 Å². The van der Waals surface area contributed by atoms with E-state index in [0.29, 0.717) is 32.1 Å². The number of hydrogen-bond acceptors (Lipinski definition) is 15. The molecule has 17 nitrogen and oxygen atoms in total. The molecule has 0 saturated heterocycles. The standard InChI is InChI=1S/C87H146O17P2/c1-5-9-13-17-21-25-29-33-37-39-40-42-46-48-52-56-60-64-68-72-85(90)98-78-83(104-87(92)74-70-66-62-58-54-50-44-36-32-28-24-20-16-12-8-4)80-102-106(95,96)100-76-81(88)75-99-105(93,94)101-79-82(103-86(91)73-69-65-61-57-53-49-43-35-31-27-23-19-15-11-7-3)77-97-84(89)71-67-63-59-55-51-47-45-41-38-34-30-26-22-18-14-10-6-2/h9-10,13-14,21-22,24-26,28,33-38,40,42-45,47,55,59,81-83,88H,5-8,11-12,15-20,23,27,29-32,39,41,46,48-54,56-58,60-80H2,1-4H3,(H,93,94)(H,95,96)/b13-9-,14-10-,25-21-,26-22-,28-24-,37-33-,38-34-,42-40-,43-35-,44-36-,47-45-,59-55-. The molecule has 0 amide bonds. The zero-order valence-corrected chi connectivity index (χ0v) is 68.1. The smallest absolute Gasteiger partial charge is 0.462 e. The van der Waals surface area contributed by atoms with Crippen LogP contribution in [0.15, 0.2) is 146 Å². The van der Waals surface area contributed by atoms with Gasteiger partial charge in [-0.05, 0) is 161 Å². The number of unbranched alkanes of at least 4 members (excludes halogenated alkanes) is 26. The van der Waals surface area contributed by atoms with Gasteiger partial charge in [-0.15, -0.1) is 0 Å². The second-order valence-corrected chi connectivity index (χ2v) is 29.8. The number of phosphoric ester groups is 2. The van der Waals surface area contributed by atoms with Gasteiger partial charge in [0.2, 0.25) is 0 Å². The number of allylic oxidation sites excluding steroid dienone is 24. The highest BCUT2D eigenvalue weighted by Gasteiger charge is 2.30. The third-order valence-corrected chi connectivity index (χ3v) is 18.7. The molecule has 5 atom stereocenters. The number of esters is 4. The predicted octanol–water partition coefficient (Wildman–Crippen LogP) is 24.2. The Balaban J connectivity index is 5.44. The van der Waals surface area contributed by atoms with Crippen molar-refractivity contribution in [1.82, 2.24) is 0 Å². The molecule has 3 N–H and O–H groups in total. The maximum absolute atomic E-state index is 13.1. The molecule has 0 aromatic rings. The van der Waals surface area contributed by atoms with Crippen molar-refractivity contribution in [2.75, 3.05) is 39.6 Å². The minimum atomic E-state index is -5.00. The largest absolute Gasteiger partial charge is 0.472 e. The minimum Gasteiger partial charge on any atom is -0.462 e. The average molecular weight is 1530 g/mol. The number of carbonyl (C=O) groups excluding carboxylic acids is 4. The molecule has 0 bridgehead atoms. The van der Waals surface area contributed by atoms with E-state index in [4.69, 9.17) is 37.0 Å². The van der Waals surface area contributed by atoms with Gasteiger partial charge in [-0.25, -0.2) is 9.13 Å². The van der Waals surface area contributed by atoms with E-state index in [-0.39, 0.29) is 25.7 Å². The molecule has 606 valence electrons. The van der Waals surface area contributed by atoms with Crippen molar-refractivity contribution in [3.05, 3.63) is 146 Å². The molecule has 5 unspecified atom stereocenters. The highest BCUT2D eigenvalue weighted by atomic mass is 31.2. The Morgan fingerprint density at radius 3 is 0.821 bits per heavy atom. The number of aliphatic hydroxyl groups is 1. The lowest BCUT2D eigenvalue weighted by atomic mass is 10.1. The second-order valence-electron chi connectivity index (χ2n) is 26.9. The number of hydrogen-bond donors (Lipinski definition) is 3. The van der Waals surface area contributed by atoms with Gasteiger partial charge in [0, 0.05) is 25.7 Å². The molecule has 0 aliphatic heterocycles. The summed E-state index contributed by atoms with van der Waals surface area (Å²) >= 11 is 0. The molecular formula is C87H146O17P2. The average Bonchev–Trinajstić information content (AvgIpc) is 0.928. The van der Waals surface area contributed by atoms with E-state index < -0.39 is 97.5 Å². The van der Waals surface area contributed by atoms with Gasteiger partial charge in [0.15, 0.2) is 12.2 Å². The lowest BCUT2D eigenvalue weighted by molar-refractivity contribution is -0.161. The predicted molar refractivity (Wildman–Crippen MR) is 436 cm³/mol. The molecule has 0 heterocycles. The van der Waals surface area contributed by atoms with E-state index >= 15 is 0 Å². The van der Waals surface area contributed by atoms with Gasteiger partial charge in [0.1, 0.15) is 19.3 Å². The third-order valence-electron chi connectivity index (χ3n) is 16.8. The van der Waals surface area contributed by atoms with Gasteiger partial charge < -0.3 is 33.8 Å². The van der Waals surface area contributed by atoms with E-state index in [1.807, 2.05) is 12.2 Å². The van der Waals surface area contributed by atoms with Crippen molar-refractivity contribution in [2.45, 2.75) is 341 Å². The minimum absolute atomic E-state index is 0.0693. The summed E-state index contributed by atoms with van der Waals surface area (Å²) in [6, 6.07) is 0. The molecule has 0 saturated carbocycles. The molecule has 0 spiro atoms. The molecular weight excluding hydrogens is 1380 g/mol. The molecule has 19 heteroatoms. The fraction of sp³-hybridized carbons (Fsp3) is 0.678. The Morgan fingerprint density at radius 1 is 0.274 bits per heavy atom. The van der Waals surface area contributed by atoms with Crippen LogP contribution in [0, 0.1) is 0 Å². The molecule has 0 rings (SSSR count). The molecule has 0 aromatic heterocycles. The maximum Gasteiger partial charge on any atom is 0.472 e. The normalized spacial score (nSPS) is 14.6. The van der Waals surface area contributed by atoms with Crippen molar-refractivity contribution >= 4 is 39.5 Å². The molecule has 0 radical (unpaired) electrons. The Hall–Kier alpha value is -5.06. The van der Waals surface area contributed by atoms with E-state index in [9.17, 15) is 43.2 Å². The molecule has 0 aromatic carbocycles. The zero-order valence-electron chi connectivity index (χ0n) is 66.3. The quantitative estimate of drug-likeness (QED) is 0.0169. The first-order valence-corrected chi connectivity index (χ1v) is 44.1. The summed E-state index contributed by atoms with van der Waals surface area (Å²) < 4.78 is 68.6. The number of aliphatic hydroxyl groups excluding tert-OH is 1. The first kappa shape index (κ1) is 101. The van der Waals surface area contributed by atoms with E-state index in [0.717, 1.165) is 180 Å². The first-order chi connectivity index (χ1) is 51.7. The van der Waals surface area contributed by atoms with E-state index in [2.05, 4.69) is 161 Å². The molecule has 0 fully saturated rings. The Bertz CT molecular complexity index is 2580. The van der Waals surface area contributed by atoms with Crippen LogP contribution in [-0.4, -0.2) is 96.7 Å². The Labute approximate surface area is 643 Å². The van der Waals surface area contributed by atoms with Crippen LogP contribution in [0.2, 0.25) is 0 Å². The summed E-state index contributed by atoms with van der Waals surface area (Å²) in [5.74, 6) is -2.28. The summed E-state index contributed by atoms with van der Waals surface area (Å²) in [6.45, 7) is 4.53. The fourth-order valence-electron chi connectivity index (χ4n) is 10.6. The maximum atomic E-state index is 13.1. The number of carbonyl (C=O) groups is 4. The van der Waals surface area contributed by atoms with Gasteiger partial charge >= 0.3 is 39.5 Å². The van der Waals surface area contributed by atoms with Gasteiger partial charge in [-0.3, -0.25) is 37.3 Å². The second kappa shape index (κ2) is 78.1. The van der Waals surface area contributed by atoms with Crippen LogP contribution >= 0.6 is 15.6 Å². The highest BCUT2D eigenvalue weighted by Crippen LogP contribution is 2.45. The van der Waals surface area contributed by atoms with E-state index in [1.165, 1.54) is 57.8 Å². The van der Waals surface area contributed by atoms with Gasteiger partial charge in [0.05, 0.1) is 26.4 Å². The summed E-state index contributed by atoms with van der Waals surface area (Å²) in [7, 11) is -9.99. The van der Waals surface area contributed by atoms with Crippen LogP contribution < -0.4 is 0 Å². The zero-order chi connectivity index (χ0) is 77.4. The van der Waals surface area contributed by atoms with Crippen LogP contribution in [0.1, 0.15) is 323 Å². The Kier molecular flexibility index (Phi) is 74.3. The summed E-state index contributed by atoms with van der Waals surface area (Å²) in [4.78, 5) is 73.1. The third kappa shape index (κ3) is 77.1. The topological polar surface area (TPSA) is 237 Å². The van der Waals surface area contributed by atoms with Crippen LogP contribution in [0.3, 0.4) is 0 Å². The van der Waals surface area contributed by atoms with Gasteiger partial charge in [-0.1, -0.05) is 283 Å². The van der Waals surface area contributed by atoms with Crippen LogP contribution in [0.25, 0.3) is 0 Å². The van der Waals surface area contributed by atoms with Crippen molar-refractivity contribution in [1.29, 1.82) is 0 Å². The van der Waals surface area contributed by atoms with Crippen molar-refractivity contribution < 1.29 is 80.2 Å². The van der Waals surface area contributed by atoms with Crippen LogP contribution in [0.5, 0.6) is 0 Å². The summed E-state index contributed by atoms with van der Waals surface area (Å²) in [5.41, 5.74) is 0. The summed E-state index contributed by atoms with van der Waals surface area (Å²) in [6.07, 6.45) is 89.6. The SMILES string of the molecule is CC/C=C\C/C=C\C/C=C\C/C=C\C/C=C\CCCC(=O)OCC(COP(=O)(O)OCC(O)COP(=O)(O)OCC(COC(=O)CCCCCCCC/C=C\C/C=C\C/C=C\C/C=C\CC)OC(=O)CCCCCCC/C=C\C/C=C\CCCCC)OC(=O)CCCCCCC/C=C\CCCCCCCC. The fourth-order valence-corrected chi connectivity index (χ4v) is 12.1. The molecule has 106 heavy (non-hydrogen) atoms. The lowest BCUT2D eigenvalue weighted by Crippen LogP contribution is -2.30. The van der Waals surface area contributed by atoms with Crippen molar-refractivity contribution in [2.24, 2.45) is 0 Å². The lowest BCUT2D eigenvalue weighted by Gasteiger charge is -2.21. The first-order valence-electron chi connectivity index (χ1n) is 41.1. The Morgan fingerprint density at radius 2 is 0.500 bits per heavy atom.